The number of nitrogens with zero attached hydrogens (tertiary/aromatic N) is 2. The lowest BCUT2D eigenvalue weighted by Gasteiger charge is -2.40. The van der Waals surface area contributed by atoms with E-state index in [4.69, 9.17) is 0 Å². The summed E-state index contributed by atoms with van der Waals surface area (Å²) in [5.41, 5.74) is 1.95. The predicted octanol–water partition coefficient (Wildman–Crippen LogP) is 5.08. The summed E-state index contributed by atoms with van der Waals surface area (Å²) in [5.74, 6) is 1.18. The monoisotopic (exact) mass is 460 g/mol. The Bertz CT molecular complexity index is 805. The maximum atomic E-state index is 14.4. The van der Waals surface area contributed by atoms with Crippen LogP contribution in [-0.2, 0) is 16.0 Å². The van der Waals surface area contributed by atoms with E-state index in [1.165, 1.54) is 24.5 Å². The number of thioether (sulfide) groups is 1. The first kappa shape index (κ1) is 24.8. The summed E-state index contributed by atoms with van der Waals surface area (Å²) in [7, 11) is 1.86. The Morgan fingerprint density at radius 3 is 2.62 bits per heavy atom. The summed E-state index contributed by atoms with van der Waals surface area (Å²) in [5, 5.41) is 0. The first-order valence-corrected chi connectivity index (χ1v) is 13.3. The van der Waals surface area contributed by atoms with Crippen molar-refractivity contribution in [3.8, 4) is 0 Å². The van der Waals surface area contributed by atoms with Crippen LogP contribution in [0, 0.1) is 11.7 Å². The van der Waals surface area contributed by atoms with Gasteiger partial charge in [0.2, 0.25) is 11.8 Å². The molecule has 1 fully saturated rings. The fourth-order valence-corrected chi connectivity index (χ4v) is 5.34. The maximum Gasteiger partial charge on any atom is 0.226 e. The largest absolute Gasteiger partial charge is 0.342 e. The summed E-state index contributed by atoms with van der Waals surface area (Å²) >= 11 is 1.66. The molecule has 1 aromatic rings. The quantitative estimate of drug-likeness (QED) is 0.483. The minimum atomic E-state index is -0.212. The highest BCUT2D eigenvalue weighted by molar-refractivity contribution is 7.98. The third-order valence-electron chi connectivity index (χ3n) is 7.00. The number of hydrogen-bond donors (Lipinski definition) is 0. The van der Waals surface area contributed by atoms with Crippen molar-refractivity contribution < 1.29 is 14.0 Å². The molecule has 0 aromatic heterocycles. The standard InChI is InChI=1S/C26H37FN2O2S/c1-28(25(30)14-17-32-2)24(19-22-10-6-7-11-23(22)27)21-12-15-29(16-13-21)26(31)18-20-8-4-3-5-9-20/h6-8,10-11,21,24H,3-5,9,12-19H2,1-2H3/t24-/m0/s1. The SMILES string of the molecule is CSCCC(=O)N(C)[C@@H](Cc1ccccc1F)C1CCN(C(=O)CC2=CCCCC2)CC1. The van der Waals surface area contributed by atoms with E-state index >= 15 is 0 Å². The van der Waals surface area contributed by atoms with Crippen molar-refractivity contribution in [2.75, 3.05) is 32.1 Å². The number of halogens is 1. The Balaban J connectivity index is 1.64. The van der Waals surface area contributed by atoms with Gasteiger partial charge in [-0.15, -0.1) is 0 Å². The number of carbonyl (C=O) groups is 2. The van der Waals surface area contributed by atoms with Crippen LogP contribution < -0.4 is 0 Å². The molecule has 0 saturated carbocycles. The van der Waals surface area contributed by atoms with Gasteiger partial charge >= 0.3 is 0 Å². The van der Waals surface area contributed by atoms with Gasteiger partial charge in [0, 0.05) is 44.8 Å². The number of rotatable bonds is 9. The molecule has 0 bridgehead atoms. The molecule has 0 spiro atoms. The van der Waals surface area contributed by atoms with E-state index < -0.39 is 0 Å². The number of hydrogen-bond acceptors (Lipinski definition) is 3. The first-order valence-electron chi connectivity index (χ1n) is 11.9. The minimum Gasteiger partial charge on any atom is -0.342 e. The Labute approximate surface area is 196 Å². The van der Waals surface area contributed by atoms with Crippen LogP contribution in [0.1, 0.15) is 56.9 Å². The number of likely N-dealkylation sites (tertiary alicyclic amines) is 1. The lowest BCUT2D eigenvalue weighted by Crippen LogP contribution is -2.48. The van der Waals surface area contributed by atoms with E-state index in [1.807, 2.05) is 35.2 Å². The number of piperidine rings is 1. The molecule has 2 amide bonds. The molecule has 0 radical (unpaired) electrons. The van der Waals surface area contributed by atoms with Crippen molar-refractivity contribution in [1.82, 2.24) is 9.80 Å². The molecule has 32 heavy (non-hydrogen) atoms. The highest BCUT2D eigenvalue weighted by Crippen LogP contribution is 2.29. The van der Waals surface area contributed by atoms with Crippen LogP contribution in [-0.4, -0.2) is 59.8 Å². The van der Waals surface area contributed by atoms with Gasteiger partial charge in [0.1, 0.15) is 5.82 Å². The van der Waals surface area contributed by atoms with Crippen LogP contribution in [0.4, 0.5) is 4.39 Å². The van der Waals surface area contributed by atoms with Gasteiger partial charge in [-0.2, -0.15) is 11.8 Å². The lowest BCUT2D eigenvalue weighted by atomic mass is 9.84. The van der Waals surface area contributed by atoms with Gasteiger partial charge in [0.15, 0.2) is 0 Å². The summed E-state index contributed by atoms with van der Waals surface area (Å²) in [6.07, 6.45) is 12.1. The Hall–Kier alpha value is -1.82. The summed E-state index contributed by atoms with van der Waals surface area (Å²) in [4.78, 5) is 29.4. The topological polar surface area (TPSA) is 40.6 Å². The molecule has 1 aliphatic carbocycles. The number of carbonyl (C=O) groups excluding carboxylic acids is 2. The molecule has 0 N–H and O–H groups in total. The molecule has 176 valence electrons. The predicted molar refractivity (Wildman–Crippen MR) is 130 cm³/mol. The van der Waals surface area contributed by atoms with Crippen LogP contribution in [0.25, 0.3) is 0 Å². The van der Waals surface area contributed by atoms with E-state index in [1.54, 1.807) is 17.8 Å². The zero-order valence-electron chi connectivity index (χ0n) is 19.5. The number of allylic oxidation sites excluding steroid dienone is 1. The molecule has 1 aliphatic heterocycles. The van der Waals surface area contributed by atoms with Crippen molar-refractivity contribution in [3.05, 3.63) is 47.3 Å². The number of amides is 2. The fraction of sp³-hybridized carbons (Fsp3) is 0.615. The molecule has 4 nitrogen and oxygen atoms in total. The molecule has 1 atom stereocenters. The average Bonchev–Trinajstić information content (AvgIpc) is 2.82. The van der Waals surface area contributed by atoms with Crippen LogP contribution in [0.3, 0.4) is 0 Å². The molecule has 1 saturated heterocycles. The molecule has 0 unspecified atom stereocenters. The highest BCUT2D eigenvalue weighted by atomic mass is 32.2. The van der Waals surface area contributed by atoms with Crippen molar-refractivity contribution in [2.24, 2.45) is 5.92 Å². The van der Waals surface area contributed by atoms with Crippen molar-refractivity contribution in [3.63, 3.8) is 0 Å². The first-order chi connectivity index (χ1) is 15.5. The van der Waals surface area contributed by atoms with Gasteiger partial charge in [-0.1, -0.05) is 29.8 Å². The van der Waals surface area contributed by atoms with E-state index in [9.17, 15) is 14.0 Å². The van der Waals surface area contributed by atoms with Crippen molar-refractivity contribution in [1.29, 1.82) is 0 Å². The molecule has 1 heterocycles. The molecule has 1 aromatic carbocycles. The van der Waals surface area contributed by atoms with Crippen LogP contribution >= 0.6 is 11.8 Å². The normalized spacial score (nSPS) is 18.2. The van der Waals surface area contributed by atoms with Crippen LogP contribution in [0.5, 0.6) is 0 Å². The second-order valence-electron chi connectivity index (χ2n) is 9.11. The minimum absolute atomic E-state index is 0.0560. The maximum absolute atomic E-state index is 14.4. The van der Waals surface area contributed by atoms with Crippen LogP contribution in [0.15, 0.2) is 35.9 Å². The van der Waals surface area contributed by atoms with Crippen molar-refractivity contribution >= 4 is 23.6 Å². The van der Waals surface area contributed by atoms with Crippen LogP contribution in [0.2, 0.25) is 0 Å². The van der Waals surface area contributed by atoms with Gasteiger partial charge < -0.3 is 9.80 Å². The Morgan fingerprint density at radius 2 is 1.97 bits per heavy atom. The van der Waals surface area contributed by atoms with Gasteiger partial charge in [0.05, 0.1) is 0 Å². The second kappa shape index (κ2) is 12.4. The van der Waals surface area contributed by atoms with E-state index in [-0.39, 0.29) is 29.6 Å². The Kier molecular flexibility index (Phi) is 9.64. The zero-order valence-corrected chi connectivity index (χ0v) is 20.3. The highest BCUT2D eigenvalue weighted by Gasteiger charge is 2.33. The zero-order chi connectivity index (χ0) is 22.9. The molecule has 3 rings (SSSR count). The lowest BCUT2D eigenvalue weighted by molar-refractivity contribution is -0.135. The molecular formula is C26H37FN2O2S. The smallest absolute Gasteiger partial charge is 0.226 e. The third kappa shape index (κ3) is 6.84. The van der Waals surface area contributed by atoms with Gasteiger partial charge in [-0.3, -0.25) is 9.59 Å². The van der Waals surface area contributed by atoms with E-state index in [2.05, 4.69) is 6.08 Å². The number of benzene rings is 1. The molecule has 2 aliphatic rings. The van der Waals surface area contributed by atoms with E-state index in [0.717, 1.165) is 44.5 Å². The fourth-order valence-electron chi connectivity index (χ4n) is 4.96. The molecule has 6 heteroatoms. The van der Waals surface area contributed by atoms with E-state index in [0.29, 0.717) is 24.8 Å². The number of likely N-dealkylation sites (N-methyl/N-ethyl adjacent to an activating group) is 1. The van der Waals surface area contributed by atoms with Gasteiger partial charge in [-0.25, -0.2) is 4.39 Å². The second-order valence-corrected chi connectivity index (χ2v) is 10.1. The van der Waals surface area contributed by atoms with Gasteiger partial charge in [0.25, 0.3) is 0 Å². The average molecular weight is 461 g/mol. The third-order valence-corrected chi connectivity index (χ3v) is 7.61. The van der Waals surface area contributed by atoms with Gasteiger partial charge in [-0.05, 0) is 68.7 Å². The summed E-state index contributed by atoms with van der Waals surface area (Å²) in [6.45, 7) is 1.44. The Morgan fingerprint density at radius 1 is 1.22 bits per heavy atom. The summed E-state index contributed by atoms with van der Waals surface area (Å²) < 4.78 is 14.4. The van der Waals surface area contributed by atoms with Crippen molar-refractivity contribution in [2.45, 2.75) is 63.8 Å². The summed E-state index contributed by atoms with van der Waals surface area (Å²) in [6, 6.07) is 6.81. The molecular weight excluding hydrogens is 423 g/mol.